The zero-order valence-electron chi connectivity index (χ0n) is 16.3. The lowest BCUT2D eigenvalue weighted by Crippen LogP contribution is -2.52. The second kappa shape index (κ2) is 10.0. The number of methoxy groups -OCH3 is 1. The number of carbonyl (C=O) groups excluding carboxylic acids is 1. The number of halogens is 1. The lowest BCUT2D eigenvalue weighted by atomic mass is 9.78. The van der Waals surface area contributed by atoms with Gasteiger partial charge in [-0.2, -0.15) is 4.31 Å². The SMILES string of the molecule is COCC1(C(=O)N2CCCN(S(=O)(=O)c3ccccc3)CC2)CCNCC1.Cl. The molecule has 0 aliphatic carbocycles. The third-order valence-corrected chi connectivity index (χ3v) is 7.47. The minimum Gasteiger partial charge on any atom is -0.384 e. The van der Waals surface area contributed by atoms with Crippen LogP contribution in [0.25, 0.3) is 0 Å². The molecular formula is C19H30ClN3O4S. The molecule has 2 saturated heterocycles. The Kier molecular flexibility index (Phi) is 8.27. The van der Waals surface area contributed by atoms with Crippen LogP contribution in [0, 0.1) is 5.41 Å². The number of benzene rings is 1. The van der Waals surface area contributed by atoms with E-state index in [1.807, 2.05) is 4.90 Å². The van der Waals surface area contributed by atoms with Gasteiger partial charge in [0.05, 0.1) is 16.9 Å². The highest BCUT2D eigenvalue weighted by Gasteiger charge is 2.42. The topological polar surface area (TPSA) is 79.0 Å². The second-order valence-corrected chi connectivity index (χ2v) is 9.26. The Morgan fingerprint density at radius 3 is 2.43 bits per heavy atom. The Morgan fingerprint density at radius 2 is 1.79 bits per heavy atom. The van der Waals surface area contributed by atoms with Crippen LogP contribution in [0.3, 0.4) is 0 Å². The van der Waals surface area contributed by atoms with Crippen molar-refractivity contribution < 1.29 is 17.9 Å². The molecule has 1 aromatic carbocycles. The smallest absolute Gasteiger partial charge is 0.243 e. The normalized spacial score (nSPS) is 20.8. The van der Waals surface area contributed by atoms with E-state index in [-0.39, 0.29) is 18.3 Å². The number of piperidine rings is 1. The predicted molar refractivity (Wildman–Crippen MR) is 110 cm³/mol. The first-order valence-corrected chi connectivity index (χ1v) is 11.0. The molecule has 1 aromatic rings. The van der Waals surface area contributed by atoms with Crippen molar-refractivity contribution in [3.05, 3.63) is 30.3 Å². The van der Waals surface area contributed by atoms with Gasteiger partial charge in [0.15, 0.2) is 0 Å². The van der Waals surface area contributed by atoms with E-state index < -0.39 is 15.4 Å². The molecule has 0 spiro atoms. The van der Waals surface area contributed by atoms with Crippen molar-refractivity contribution in [2.45, 2.75) is 24.2 Å². The van der Waals surface area contributed by atoms with E-state index in [2.05, 4.69) is 5.32 Å². The molecule has 0 radical (unpaired) electrons. The average Bonchev–Trinajstić information content (AvgIpc) is 2.96. The molecule has 3 rings (SSSR count). The van der Waals surface area contributed by atoms with Crippen molar-refractivity contribution in [3.8, 4) is 0 Å². The molecule has 1 N–H and O–H groups in total. The lowest BCUT2D eigenvalue weighted by molar-refractivity contribution is -0.147. The summed E-state index contributed by atoms with van der Waals surface area (Å²) in [6.07, 6.45) is 2.14. The number of nitrogens with zero attached hydrogens (tertiary/aromatic N) is 2. The fourth-order valence-corrected chi connectivity index (χ4v) is 5.51. The Balaban J connectivity index is 0.00000280. The van der Waals surface area contributed by atoms with Crippen LogP contribution in [0.5, 0.6) is 0 Å². The van der Waals surface area contributed by atoms with Gasteiger partial charge in [0.25, 0.3) is 0 Å². The van der Waals surface area contributed by atoms with Gasteiger partial charge in [0.2, 0.25) is 15.9 Å². The van der Waals surface area contributed by atoms with Crippen LogP contribution in [-0.4, -0.2) is 76.5 Å². The Hall–Kier alpha value is -1.19. The zero-order chi connectivity index (χ0) is 19.3. The molecule has 1 amide bonds. The largest absolute Gasteiger partial charge is 0.384 e. The van der Waals surface area contributed by atoms with Gasteiger partial charge in [0, 0.05) is 33.3 Å². The molecule has 2 fully saturated rings. The number of hydrogen-bond acceptors (Lipinski definition) is 5. The van der Waals surface area contributed by atoms with E-state index in [1.165, 1.54) is 4.31 Å². The monoisotopic (exact) mass is 431 g/mol. The number of carbonyl (C=O) groups is 1. The van der Waals surface area contributed by atoms with E-state index in [0.29, 0.717) is 44.1 Å². The number of ether oxygens (including phenoxy) is 1. The van der Waals surface area contributed by atoms with Crippen LogP contribution in [0.15, 0.2) is 35.2 Å². The van der Waals surface area contributed by atoms with E-state index in [0.717, 1.165) is 25.9 Å². The Labute approximate surface area is 173 Å². The highest BCUT2D eigenvalue weighted by atomic mass is 35.5. The minimum absolute atomic E-state index is 0. The van der Waals surface area contributed by atoms with Gasteiger partial charge in [0.1, 0.15) is 0 Å². The van der Waals surface area contributed by atoms with Crippen molar-refractivity contribution in [1.29, 1.82) is 0 Å². The highest BCUT2D eigenvalue weighted by molar-refractivity contribution is 7.89. The summed E-state index contributed by atoms with van der Waals surface area (Å²) in [6, 6.07) is 8.49. The van der Waals surface area contributed by atoms with Gasteiger partial charge >= 0.3 is 0 Å². The molecule has 9 heteroatoms. The summed E-state index contributed by atoms with van der Waals surface area (Å²) in [5.74, 6) is 0.102. The standard InChI is InChI=1S/C19H29N3O4S.ClH/c1-26-16-19(8-10-20-11-9-19)18(23)21-12-5-13-22(15-14-21)27(24,25)17-6-3-2-4-7-17;/h2-4,6-7,20H,5,8-16H2,1H3;1H. The first-order valence-electron chi connectivity index (χ1n) is 9.54. The number of rotatable bonds is 5. The van der Waals surface area contributed by atoms with Crippen molar-refractivity contribution in [2.75, 3.05) is 53.0 Å². The molecule has 7 nitrogen and oxygen atoms in total. The molecule has 0 unspecified atom stereocenters. The van der Waals surface area contributed by atoms with Crippen LogP contribution in [-0.2, 0) is 19.6 Å². The van der Waals surface area contributed by atoms with Gasteiger partial charge in [-0.15, -0.1) is 12.4 Å². The molecule has 0 saturated carbocycles. The van der Waals surface area contributed by atoms with Gasteiger partial charge in [-0.25, -0.2) is 8.42 Å². The molecule has 0 aromatic heterocycles. The maximum absolute atomic E-state index is 13.3. The predicted octanol–water partition coefficient (Wildman–Crippen LogP) is 1.35. The fraction of sp³-hybridized carbons (Fsp3) is 0.632. The molecule has 28 heavy (non-hydrogen) atoms. The number of sulfonamides is 1. The summed E-state index contributed by atoms with van der Waals surface area (Å²) in [7, 11) is -1.89. The molecule has 0 bridgehead atoms. The Morgan fingerprint density at radius 1 is 1.11 bits per heavy atom. The summed E-state index contributed by atoms with van der Waals surface area (Å²) in [6.45, 7) is 3.78. The third kappa shape index (κ3) is 4.86. The first-order chi connectivity index (χ1) is 13.0. The van der Waals surface area contributed by atoms with Gasteiger partial charge in [-0.05, 0) is 44.5 Å². The van der Waals surface area contributed by atoms with Crippen LogP contribution in [0.1, 0.15) is 19.3 Å². The second-order valence-electron chi connectivity index (χ2n) is 7.33. The van der Waals surface area contributed by atoms with E-state index in [4.69, 9.17) is 4.74 Å². The molecule has 0 atom stereocenters. The molecule has 2 heterocycles. The van der Waals surface area contributed by atoms with Crippen LogP contribution >= 0.6 is 12.4 Å². The summed E-state index contributed by atoms with van der Waals surface area (Å²) in [4.78, 5) is 15.4. The van der Waals surface area contributed by atoms with Gasteiger partial charge in [-0.3, -0.25) is 4.79 Å². The van der Waals surface area contributed by atoms with Crippen molar-refractivity contribution in [1.82, 2.24) is 14.5 Å². The number of amides is 1. The summed E-state index contributed by atoms with van der Waals surface area (Å²) >= 11 is 0. The lowest BCUT2D eigenvalue weighted by Gasteiger charge is -2.39. The van der Waals surface area contributed by atoms with Gasteiger partial charge in [-0.1, -0.05) is 18.2 Å². The summed E-state index contributed by atoms with van der Waals surface area (Å²) < 4.78 is 32.6. The summed E-state index contributed by atoms with van der Waals surface area (Å²) in [5, 5.41) is 3.30. The van der Waals surface area contributed by atoms with Crippen LogP contribution in [0.2, 0.25) is 0 Å². The van der Waals surface area contributed by atoms with Crippen LogP contribution in [0.4, 0.5) is 0 Å². The molecule has 2 aliphatic heterocycles. The highest BCUT2D eigenvalue weighted by Crippen LogP contribution is 2.32. The van der Waals surface area contributed by atoms with E-state index in [9.17, 15) is 13.2 Å². The number of hydrogen-bond donors (Lipinski definition) is 1. The zero-order valence-corrected chi connectivity index (χ0v) is 17.9. The maximum atomic E-state index is 13.3. The quantitative estimate of drug-likeness (QED) is 0.761. The van der Waals surface area contributed by atoms with E-state index >= 15 is 0 Å². The minimum atomic E-state index is -3.52. The van der Waals surface area contributed by atoms with E-state index in [1.54, 1.807) is 37.4 Å². The maximum Gasteiger partial charge on any atom is 0.243 e. The Bertz CT molecular complexity index is 733. The van der Waals surface area contributed by atoms with Crippen molar-refractivity contribution in [3.63, 3.8) is 0 Å². The molecule has 2 aliphatic rings. The van der Waals surface area contributed by atoms with Crippen molar-refractivity contribution in [2.24, 2.45) is 5.41 Å². The first kappa shape index (κ1) is 23.1. The average molecular weight is 432 g/mol. The molecular weight excluding hydrogens is 402 g/mol. The fourth-order valence-electron chi connectivity index (χ4n) is 4.02. The number of nitrogens with one attached hydrogen (secondary N) is 1. The van der Waals surface area contributed by atoms with Crippen molar-refractivity contribution >= 4 is 28.3 Å². The van der Waals surface area contributed by atoms with Crippen LogP contribution < -0.4 is 5.32 Å². The summed E-state index contributed by atoms with van der Waals surface area (Å²) in [5.41, 5.74) is -0.493. The van der Waals surface area contributed by atoms with Gasteiger partial charge < -0.3 is 15.0 Å². The third-order valence-electron chi connectivity index (χ3n) is 5.56. The molecule has 158 valence electrons.